The summed E-state index contributed by atoms with van der Waals surface area (Å²) in [5.74, 6) is 0.703. The molecule has 228 valence electrons. The molecule has 0 amide bonds. The molecule has 1 aliphatic carbocycles. The molecule has 1 aliphatic rings. The van der Waals surface area contributed by atoms with Crippen LogP contribution in [0, 0.1) is 0 Å². The molecule has 0 saturated heterocycles. The summed E-state index contributed by atoms with van der Waals surface area (Å²) in [6.45, 7) is 0. The number of hydrogen-bond acceptors (Lipinski definition) is 1. The summed E-state index contributed by atoms with van der Waals surface area (Å²) in [5.41, 5.74) is 12.4. The van der Waals surface area contributed by atoms with Crippen molar-refractivity contribution in [3.05, 3.63) is 175 Å². The zero-order valence-electron chi connectivity index (χ0n) is 26.7. The van der Waals surface area contributed by atoms with E-state index in [0.29, 0.717) is 5.92 Å². The van der Waals surface area contributed by atoms with Gasteiger partial charge < -0.3 is 4.90 Å². The number of benzene rings is 7. The highest BCUT2D eigenvalue weighted by molar-refractivity contribution is 5.97. The molecule has 1 heteroatoms. The van der Waals surface area contributed by atoms with Crippen molar-refractivity contribution >= 4 is 27.8 Å². The van der Waals surface area contributed by atoms with Crippen LogP contribution in [0.4, 0.5) is 17.1 Å². The third kappa shape index (κ3) is 6.10. The Bertz CT molecular complexity index is 2080. The van der Waals surface area contributed by atoms with E-state index >= 15 is 0 Å². The highest BCUT2D eigenvalue weighted by atomic mass is 15.1. The van der Waals surface area contributed by atoms with Crippen molar-refractivity contribution in [1.29, 1.82) is 0 Å². The maximum Gasteiger partial charge on any atom is 0.0462 e. The number of anilines is 3. The van der Waals surface area contributed by atoms with Crippen LogP contribution in [0.25, 0.3) is 44.2 Å². The van der Waals surface area contributed by atoms with E-state index in [1.54, 1.807) is 0 Å². The molecule has 7 aromatic carbocycles. The zero-order chi connectivity index (χ0) is 31.4. The molecule has 0 unspecified atom stereocenters. The van der Waals surface area contributed by atoms with E-state index in [4.69, 9.17) is 0 Å². The molecule has 0 bridgehead atoms. The molecule has 0 spiro atoms. The number of nitrogens with zero attached hydrogens (tertiary/aromatic N) is 1. The van der Waals surface area contributed by atoms with Gasteiger partial charge in [-0.25, -0.2) is 0 Å². The Balaban J connectivity index is 1.15. The third-order valence-electron chi connectivity index (χ3n) is 9.88. The van der Waals surface area contributed by atoms with Gasteiger partial charge in [0.15, 0.2) is 0 Å². The van der Waals surface area contributed by atoms with Crippen LogP contribution in [-0.2, 0) is 0 Å². The van der Waals surface area contributed by atoms with E-state index in [9.17, 15) is 0 Å². The Morgan fingerprint density at radius 3 is 1.57 bits per heavy atom. The summed E-state index contributed by atoms with van der Waals surface area (Å²) in [7, 11) is 0. The number of rotatable bonds is 7. The van der Waals surface area contributed by atoms with Crippen molar-refractivity contribution in [3.63, 3.8) is 0 Å². The van der Waals surface area contributed by atoms with Crippen LogP contribution < -0.4 is 4.90 Å². The van der Waals surface area contributed by atoms with Crippen molar-refractivity contribution in [2.24, 2.45) is 0 Å². The Kier molecular flexibility index (Phi) is 8.12. The summed E-state index contributed by atoms with van der Waals surface area (Å²) < 4.78 is 0. The summed E-state index contributed by atoms with van der Waals surface area (Å²) >= 11 is 0. The van der Waals surface area contributed by atoms with Crippen LogP contribution in [0.1, 0.15) is 43.6 Å². The average Bonchev–Trinajstić information content (AvgIpc) is 3.16. The minimum Gasteiger partial charge on any atom is -0.311 e. The average molecular weight is 606 g/mol. The highest BCUT2D eigenvalue weighted by Crippen LogP contribution is 2.39. The van der Waals surface area contributed by atoms with E-state index in [1.807, 2.05) is 0 Å². The predicted molar refractivity (Wildman–Crippen MR) is 201 cm³/mol. The lowest BCUT2D eigenvalue weighted by Gasteiger charge is -2.26. The fourth-order valence-electron chi connectivity index (χ4n) is 7.36. The lowest BCUT2D eigenvalue weighted by molar-refractivity contribution is 0.444. The van der Waals surface area contributed by atoms with Gasteiger partial charge in [-0.05, 0) is 105 Å². The smallest absolute Gasteiger partial charge is 0.0462 e. The van der Waals surface area contributed by atoms with Gasteiger partial charge in [0.25, 0.3) is 0 Å². The van der Waals surface area contributed by atoms with E-state index in [1.165, 1.54) is 81.8 Å². The fourth-order valence-corrected chi connectivity index (χ4v) is 7.36. The molecular formula is C46H39N. The Morgan fingerprint density at radius 1 is 0.383 bits per heavy atom. The van der Waals surface area contributed by atoms with Gasteiger partial charge >= 0.3 is 0 Å². The molecule has 0 N–H and O–H groups in total. The maximum atomic E-state index is 2.43. The molecular weight excluding hydrogens is 567 g/mol. The van der Waals surface area contributed by atoms with E-state index in [0.717, 1.165) is 17.1 Å². The highest BCUT2D eigenvalue weighted by Gasteiger charge is 2.17. The van der Waals surface area contributed by atoms with Gasteiger partial charge in [-0.1, -0.05) is 153 Å². The van der Waals surface area contributed by atoms with Crippen LogP contribution >= 0.6 is 0 Å². The Labute approximate surface area is 278 Å². The second-order valence-electron chi connectivity index (χ2n) is 12.8. The third-order valence-corrected chi connectivity index (χ3v) is 9.88. The van der Waals surface area contributed by atoms with E-state index in [-0.39, 0.29) is 0 Å². The molecule has 0 heterocycles. The van der Waals surface area contributed by atoms with Crippen LogP contribution in [0.5, 0.6) is 0 Å². The molecule has 0 aliphatic heterocycles. The molecule has 47 heavy (non-hydrogen) atoms. The summed E-state index contributed by atoms with van der Waals surface area (Å²) in [6.07, 6.45) is 6.73. The normalized spacial score (nSPS) is 13.4. The largest absolute Gasteiger partial charge is 0.311 e. The monoisotopic (exact) mass is 605 g/mol. The van der Waals surface area contributed by atoms with Gasteiger partial charge in [0, 0.05) is 17.1 Å². The predicted octanol–water partition coefficient (Wildman–Crippen LogP) is 13.4. The van der Waals surface area contributed by atoms with Crippen molar-refractivity contribution in [1.82, 2.24) is 0 Å². The van der Waals surface area contributed by atoms with Gasteiger partial charge in [0.05, 0.1) is 0 Å². The first-order valence-corrected chi connectivity index (χ1v) is 17.0. The van der Waals surface area contributed by atoms with Gasteiger partial charge in [-0.3, -0.25) is 0 Å². The van der Waals surface area contributed by atoms with Gasteiger partial charge in [0.2, 0.25) is 0 Å². The maximum absolute atomic E-state index is 2.43. The van der Waals surface area contributed by atoms with Crippen LogP contribution in [0.3, 0.4) is 0 Å². The standard InChI is InChI=1S/C46H39N/c1-3-11-34(12-4-1)36-21-27-42(28-22-36)47(44-31-25-39(26-32-44)46-20-10-16-38-15-7-8-19-45(38)46)43-29-23-37(24-30-43)41-18-9-17-40(33-41)35-13-5-2-6-14-35/h1,3-4,7-12,15-33,35H,2,5-6,13-14H2. The quantitative estimate of drug-likeness (QED) is 0.175. The van der Waals surface area contributed by atoms with Crippen molar-refractivity contribution < 1.29 is 0 Å². The summed E-state index contributed by atoms with van der Waals surface area (Å²) in [6, 6.07) is 62.1. The Hall–Kier alpha value is -5.40. The number of fused-ring (bicyclic) bond motifs is 1. The number of hydrogen-bond donors (Lipinski definition) is 0. The first kappa shape index (κ1) is 29.0. The Morgan fingerprint density at radius 2 is 0.894 bits per heavy atom. The van der Waals surface area contributed by atoms with Gasteiger partial charge in [-0.2, -0.15) is 0 Å². The summed E-state index contributed by atoms with van der Waals surface area (Å²) in [5, 5.41) is 2.54. The lowest BCUT2D eigenvalue weighted by Crippen LogP contribution is -2.09. The second kappa shape index (κ2) is 13.1. The second-order valence-corrected chi connectivity index (χ2v) is 12.8. The van der Waals surface area contributed by atoms with Crippen molar-refractivity contribution in [3.8, 4) is 33.4 Å². The molecule has 8 rings (SSSR count). The van der Waals surface area contributed by atoms with Crippen molar-refractivity contribution in [2.75, 3.05) is 4.90 Å². The van der Waals surface area contributed by atoms with Crippen molar-refractivity contribution in [2.45, 2.75) is 38.0 Å². The molecule has 1 nitrogen and oxygen atoms in total. The van der Waals surface area contributed by atoms with Crippen LogP contribution in [-0.4, -0.2) is 0 Å². The zero-order valence-corrected chi connectivity index (χ0v) is 26.7. The first-order valence-electron chi connectivity index (χ1n) is 17.0. The molecule has 1 saturated carbocycles. The van der Waals surface area contributed by atoms with Gasteiger partial charge in [0.1, 0.15) is 0 Å². The fraction of sp³-hybridized carbons (Fsp3) is 0.130. The molecule has 0 atom stereocenters. The minimum atomic E-state index is 0.703. The minimum absolute atomic E-state index is 0.703. The van der Waals surface area contributed by atoms with E-state index in [2.05, 4.69) is 175 Å². The first-order chi connectivity index (χ1) is 23.3. The molecule has 0 radical (unpaired) electrons. The van der Waals surface area contributed by atoms with E-state index < -0.39 is 0 Å². The van der Waals surface area contributed by atoms with Crippen LogP contribution in [0.2, 0.25) is 0 Å². The topological polar surface area (TPSA) is 3.24 Å². The molecule has 1 fully saturated rings. The SMILES string of the molecule is c1ccc(-c2ccc(N(c3ccc(-c4cccc(C5CCCCC5)c4)cc3)c3ccc(-c4cccc5ccccc45)cc3)cc2)cc1. The molecule has 0 aromatic heterocycles. The van der Waals surface area contributed by atoms with Gasteiger partial charge in [-0.15, -0.1) is 0 Å². The molecule has 7 aromatic rings. The van der Waals surface area contributed by atoms with Crippen LogP contribution in [0.15, 0.2) is 170 Å². The summed E-state index contributed by atoms with van der Waals surface area (Å²) in [4.78, 5) is 2.36. The lowest BCUT2D eigenvalue weighted by atomic mass is 9.83.